The van der Waals surface area contributed by atoms with E-state index in [1.165, 1.54) is 44.9 Å². The van der Waals surface area contributed by atoms with Gasteiger partial charge in [-0.1, -0.05) is 50.5 Å². The average molecular weight is 306 g/mol. The highest BCUT2D eigenvalue weighted by atomic mass is 16.2. The number of nitrogens with zero attached hydrogens (tertiary/aromatic N) is 1. The number of unbranched alkanes of at least 4 members (excludes halogenated alkanes) is 6. The summed E-state index contributed by atoms with van der Waals surface area (Å²) in [4.78, 5) is 13.9. The van der Waals surface area contributed by atoms with E-state index in [9.17, 15) is 4.79 Å². The zero-order valence-electron chi connectivity index (χ0n) is 14.6. The van der Waals surface area contributed by atoms with Gasteiger partial charge in [-0.2, -0.15) is 0 Å². The lowest BCUT2D eigenvalue weighted by Gasteiger charge is -2.14. The predicted molar refractivity (Wildman–Crippen MR) is 95.9 cm³/mol. The fraction of sp³-hybridized carbons (Fsp3) is 0.750. The van der Waals surface area contributed by atoms with Gasteiger partial charge in [-0.3, -0.25) is 4.79 Å². The first kappa shape index (κ1) is 19.0. The summed E-state index contributed by atoms with van der Waals surface area (Å²) in [6.45, 7) is 4.23. The van der Waals surface area contributed by atoms with E-state index in [1.807, 2.05) is 4.90 Å². The number of hydrogen-bond acceptors (Lipinski definition) is 1. The molecule has 2 heteroatoms. The molecule has 1 amide bonds. The Kier molecular flexibility index (Phi) is 11.7. The van der Waals surface area contributed by atoms with Crippen LogP contribution in [0.15, 0.2) is 24.3 Å². The van der Waals surface area contributed by atoms with Crippen LogP contribution in [0.2, 0.25) is 0 Å². The van der Waals surface area contributed by atoms with Crippen molar-refractivity contribution in [3.05, 3.63) is 24.3 Å². The van der Waals surface area contributed by atoms with Crippen LogP contribution in [0, 0.1) is 0 Å². The van der Waals surface area contributed by atoms with Gasteiger partial charge in [0.1, 0.15) is 0 Å². The van der Waals surface area contributed by atoms with Gasteiger partial charge < -0.3 is 4.90 Å². The maximum Gasteiger partial charge on any atom is 0.222 e. The lowest BCUT2D eigenvalue weighted by atomic mass is 10.1. The van der Waals surface area contributed by atoms with E-state index in [-0.39, 0.29) is 0 Å². The van der Waals surface area contributed by atoms with Crippen molar-refractivity contribution >= 4 is 5.91 Å². The van der Waals surface area contributed by atoms with Crippen molar-refractivity contribution in [1.82, 2.24) is 4.90 Å². The lowest BCUT2D eigenvalue weighted by molar-refractivity contribution is -0.130. The molecule has 1 fully saturated rings. The van der Waals surface area contributed by atoms with Gasteiger partial charge in [0.25, 0.3) is 0 Å². The molecule has 126 valence electrons. The first-order chi connectivity index (χ1) is 10.8. The molecule has 1 saturated heterocycles. The van der Waals surface area contributed by atoms with Gasteiger partial charge in [0.2, 0.25) is 5.91 Å². The molecule has 2 nitrogen and oxygen atoms in total. The first-order valence-electron chi connectivity index (χ1n) is 9.42. The minimum atomic E-state index is 0.358. The summed E-state index contributed by atoms with van der Waals surface area (Å²) in [6.07, 6.45) is 23.2. The van der Waals surface area contributed by atoms with Crippen LogP contribution in [0.5, 0.6) is 0 Å². The number of likely N-dealkylation sites (tertiary alicyclic amines) is 1. The van der Waals surface area contributed by atoms with Gasteiger partial charge in [0.05, 0.1) is 0 Å². The molecule has 0 bridgehead atoms. The van der Waals surface area contributed by atoms with E-state index in [0.717, 1.165) is 45.2 Å². The van der Waals surface area contributed by atoms with Gasteiger partial charge in [-0.15, -0.1) is 0 Å². The summed E-state index contributed by atoms with van der Waals surface area (Å²) < 4.78 is 0. The van der Waals surface area contributed by atoms with Crippen molar-refractivity contribution < 1.29 is 4.79 Å². The van der Waals surface area contributed by atoms with Crippen LogP contribution in [0.1, 0.15) is 84.0 Å². The Morgan fingerprint density at radius 1 is 0.818 bits per heavy atom. The number of amides is 1. The quantitative estimate of drug-likeness (QED) is 0.337. The Morgan fingerprint density at radius 3 is 2.05 bits per heavy atom. The summed E-state index contributed by atoms with van der Waals surface area (Å²) >= 11 is 0. The predicted octanol–water partition coefficient (Wildman–Crippen LogP) is 5.64. The third-order valence-electron chi connectivity index (χ3n) is 4.28. The Labute approximate surface area is 137 Å². The monoisotopic (exact) mass is 305 g/mol. The zero-order valence-corrected chi connectivity index (χ0v) is 14.6. The first-order valence-corrected chi connectivity index (χ1v) is 9.42. The van der Waals surface area contributed by atoms with E-state index in [4.69, 9.17) is 0 Å². The zero-order chi connectivity index (χ0) is 15.9. The van der Waals surface area contributed by atoms with E-state index in [1.54, 1.807) is 0 Å². The topological polar surface area (TPSA) is 20.3 Å². The fourth-order valence-corrected chi connectivity index (χ4v) is 2.85. The highest BCUT2D eigenvalue weighted by molar-refractivity contribution is 5.76. The smallest absolute Gasteiger partial charge is 0.222 e. The van der Waals surface area contributed by atoms with Gasteiger partial charge in [0, 0.05) is 19.5 Å². The van der Waals surface area contributed by atoms with Crippen LogP contribution in [0.25, 0.3) is 0 Å². The molecular formula is C20H35NO. The summed E-state index contributed by atoms with van der Waals surface area (Å²) in [7, 11) is 0. The molecule has 0 aliphatic carbocycles. The largest absolute Gasteiger partial charge is 0.343 e. The molecule has 1 rings (SSSR count). The maximum atomic E-state index is 11.8. The van der Waals surface area contributed by atoms with Crippen molar-refractivity contribution in [3.8, 4) is 0 Å². The molecule has 0 saturated carbocycles. The van der Waals surface area contributed by atoms with Gasteiger partial charge >= 0.3 is 0 Å². The molecule has 0 radical (unpaired) electrons. The second-order valence-corrected chi connectivity index (χ2v) is 6.35. The molecule has 0 aromatic carbocycles. The van der Waals surface area contributed by atoms with E-state index in [2.05, 4.69) is 31.2 Å². The van der Waals surface area contributed by atoms with E-state index < -0.39 is 0 Å². The molecule has 0 atom stereocenters. The van der Waals surface area contributed by atoms with Crippen LogP contribution >= 0.6 is 0 Å². The van der Waals surface area contributed by atoms with Gasteiger partial charge in [-0.05, 0) is 51.4 Å². The molecule has 0 aromatic heterocycles. The van der Waals surface area contributed by atoms with Crippen LogP contribution in [-0.4, -0.2) is 23.9 Å². The van der Waals surface area contributed by atoms with Crippen molar-refractivity contribution in [2.75, 3.05) is 13.1 Å². The molecule has 1 aliphatic heterocycles. The van der Waals surface area contributed by atoms with Crippen LogP contribution in [-0.2, 0) is 4.79 Å². The summed E-state index contributed by atoms with van der Waals surface area (Å²) in [5.41, 5.74) is 0. The van der Waals surface area contributed by atoms with Crippen molar-refractivity contribution in [2.45, 2.75) is 84.0 Å². The third kappa shape index (κ3) is 9.81. The maximum absolute atomic E-state index is 11.8. The van der Waals surface area contributed by atoms with Crippen LogP contribution < -0.4 is 0 Å². The molecule has 1 aliphatic rings. The number of carbonyl (C=O) groups excluding carboxylic acids is 1. The fourth-order valence-electron chi connectivity index (χ4n) is 2.85. The normalized spacial score (nSPS) is 15.4. The summed E-state index contributed by atoms with van der Waals surface area (Å²) in [5.74, 6) is 0.358. The van der Waals surface area contributed by atoms with Crippen LogP contribution in [0.3, 0.4) is 0 Å². The Bertz CT molecular complexity index is 327. The molecule has 0 spiro atoms. The van der Waals surface area contributed by atoms with E-state index in [0.29, 0.717) is 5.91 Å². The Balaban J connectivity index is 1.87. The number of hydrogen-bond donors (Lipinski definition) is 0. The minimum absolute atomic E-state index is 0.358. The highest BCUT2D eigenvalue weighted by Gasteiger charge is 2.16. The molecule has 22 heavy (non-hydrogen) atoms. The van der Waals surface area contributed by atoms with Crippen molar-refractivity contribution in [2.24, 2.45) is 0 Å². The Hall–Kier alpha value is -1.05. The van der Waals surface area contributed by atoms with Gasteiger partial charge in [0.15, 0.2) is 0 Å². The van der Waals surface area contributed by atoms with Gasteiger partial charge in [-0.25, -0.2) is 0 Å². The summed E-state index contributed by atoms with van der Waals surface area (Å²) in [6, 6.07) is 0. The molecular weight excluding hydrogens is 270 g/mol. The average Bonchev–Trinajstić information content (AvgIpc) is 3.06. The van der Waals surface area contributed by atoms with E-state index >= 15 is 0 Å². The number of carbonyl (C=O) groups is 1. The van der Waals surface area contributed by atoms with Crippen molar-refractivity contribution in [3.63, 3.8) is 0 Å². The molecule has 0 N–H and O–H groups in total. The highest BCUT2D eigenvalue weighted by Crippen LogP contribution is 2.11. The molecule has 0 aromatic rings. The second kappa shape index (κ2) is 13.6. The van der Waals surface area contributed by atoms with Crippen molar-refractivity contribution in [1.29, 1.82) is 0 Å². The SMILES string of the molecule is CCCCCCC=CCCC=CCCCC(=O)N1CCCC1. The number of rotatable bonds is 12. The standard InChI is InChI=1S/C20H35NO/c1-2-3-4-5-6-7-8-9-10-11-12-13-14-17-20(22)21-18-15-16-19-21/h7-8,11-12H,2-6,9-10,13-19H2,1H3. The number of allylic oxidation sites excluding steroid dienone is 4. The Morgan fingerprint density at radius 2 is 1.41 bits per heavy atom. The third-order valence-corrected chi connectivity index (χ3v) is 4.28. The second-order valence-electron chi connectivity index (χ2n) is 6.35. The molecule has 0 unspecified atom stereocenters. The molecule has 1 heterocycles. The minimum Gasteiger partial charge on any atom is -0.343 e. The van der Waals surface area contributed by atoms with Crippen LogP contribution in [0.4, 0.5) is 0 Å². The summed E-state index contributed by atoms with van der Waals surface area (Å²) in [5, 5.41) is 0. The lowest BCUT2D eigenvalue weighted by Crippen LogP contribution is -2.27.